The fraction of sp³-hybridized carbons (Fsp3) is 0.579. The van der Waals surface area contributed by atoms with E-state index < -0.39 is 0 Å². The summed E-state index contributed by atoms with van der Waals surface area (Å²) < 4.78 is 1.88. The van der Waals surface area contributed by atoms with Gasteiger partial charge in [-0.25, -0.2) is 9.97 Å². The van der Waals surface area contributed by atoms with Gasteiger partial charge in [-0.2, -0.15) is 5.10 Å². The molecule has 7 nitrogen and oxygen atoms in total. The lowest BCUT2D eigenvalue weighted by Crippen LogP contribution is -2.30. The zero-order chi connectivity index (χ0) is 18.1. The fourth-order valence-corrected chi connectivity index (χ4v) is 3.86. The van der Waals surface area contributed by atoms with E-state index in [4.69, 9.17) is 4.98 Å². The monoisotopic (exact) mass is 354 g/mol. The molecule has 0 saturated carbocycles. The molecular weight excluding hydrogens is 328 g/mol. The van der Waals surface area contributed by atoms with Crippen LogP contribution in [0, 0.1) is 6.92 Å². The van der Waals surface area contributed by atoms with Gasteiger partial charge in [0.25, 0.3) is 0 Å². The molecule has 4 rings (SSSR count). The molecule has 0 aromatic carbocycles. The van der Waals surface area contributed by atoms with Gasteiger partial charge in [-0.3, -0.25) is 9.48 Å². The van der Waals surface area contributed by atoms with E-state index in [2.05, 4.69) is 22.0 Å². The van der Waals surface area contributed by atoms with Gasteiger partial charge in [0.15, 0.2) is 0 Å². The van der Waals surface area contributed by atoms with Crippen LogP contribution in [0.3, 0.4) is 0 Å². The lowest BCUT2D eigenvalue weighted by atomic mass is 10.1. The summed E-state index contributed by atoms with van der Waals surface area (Å²) in [4.78, 5) is 26.2. The van der Waals surface area contributed by atoms with Crippen LogP contribution in [-0.4, -0.2) is 62.1 Å². The van der Waals surface area contributed by atoms with Crippen LogP contribution in [0.2, 0.25) is 0 Å². The second-order valence-electron chi connectivity index (χ2n) is 7.46. The third-order valence-electron chi connectivity index (χ3n) is 5.52. The topological polar surface area (TPSA) is 67.2 Å². The summed E-state index contributed by atoms with van der Waals surface area (Å²) in [7, 11) is 2.13. The molecular formula is C19H26N6O. The molecule has 0 spiro atoms. The molecule has 2 aromatic rings. The molecule has 2 aliphatic heterocycles. The predicted octanol–water partition coefficient (Wildman–Crippen LogP) is 1.38. The number of nitrogens with zero attached hydrogens (tertiary/aromatic N) is 6. The number of amides is 1. The van der Waals surface area contributed by atoms with Crippen molar-refractivity contribution in [2.45, 2.75) is 45.2 Å². The van der Waals surface area contributed by atoms with E-state index in [0.29, 0.717) is 13.0 Å². The number of carbonyl (C=O) groups excluding carboxylic acids is 1. The van der Waals surface area contributed by atoms with E-state index in [9.17, 15) is 4.79 Å². The maximum Gasteiger partial charge on any atom is 0.224 e. The minimum absolute atomic E-state index is 0.196. The predicted molar refractivity (Wildman–Crippen MR) is 97.6 cm³/mol. The molecule has 2 aliphatic rings. The molecule has 1 atom stereocenters. The zero-order valence-electron chi connectivity index (χ0n) is 15.6. The van der Waals surface area contributed by atoms with Crippen molar-refractivity contribution in [3.63, 3.8) is 0 Å². The van der Waals surface area contributed by atoms with Gasteiger partial charge in [-0.15, -0.1) is 0 Å². The number of hydrogen-bond acceptors (Lipinski definition) is 5. The maximum atomic E-state index is 12.5. The number of aromatic nitrogens is 4. The summed E-state index contributed by atoms with van der Waals surface area (Å²) in [5.74, 6) is 1.36. The maximum absolute atomic E-state index is 12.5. The van der Waals surface area contributed by atoms with Crippen LogP contribution >= 0.6 is 0 Å². The first-order valence-electron chi connectivity index (χ1n) is 9.39. The number of rotatable bonds is 4. The first kappa shape index (κ1) is 17.1. The number of carbonyl (C=O) groups is 1. The number of likely N-dealkylation sites (tertiary alicyclic amines) is 1. The van der Waals surface area contributed by atoms with Crippen LogP contribution in [0.1, 0.15) is 41.5 Å². The van der Waals surface area contributed by atoms with Crippen LogP contribution in [0.25, 0.3) is 0 Å². The SMILES string of the molecule is Cc1ccnn1CCC(=O)N1CC[C@H](c2ncc3c(n2)CCN(C)C3)C1. The van der Waals surface area contributed by atoms with E-state index in [0.717, 1.165) is 50.5 Å². The molecule has 0 unspecified atom stereocenters. The normalized spacial score (nSPS) is 20.4. The summed E-state index contributed by atoms with van der Waals surface area (Å²) >= 11 is 0. The van der Waals surface area contributed by atoms with E-state index in [1.807, 2.05) is 28.8 Å². The molecule has 26 heavy (non-hydrogen) atoms. The second-order valence-corrected chi connectivity index (χ2v) is 7.46. The molecule has 0 aliphatic carbocycles. The summed E-state index contributed by atoms with van der Waals surface area (Å²) in [6, 6.07) is 1.96. The Bertz CT molecular complexity index is 801. The molecule has 0 bridgehead atoms. The van der Waals surface area contributed by atoms with Crippen molar-refractivity contribution in [2.24, 2.45) is 0 Å². The lowest BCUT2D eigenvalue weighted by Gasteiger charge is -2.24. The van der Waals surface area contributed by atoms with Gasteiger partial charge in [-0.05, 0) is 26.5 Å². The van der Waals surface area contributed by atoms with Gasteiger partial charge in [0.1, 0.15) is 5.82 Å². The second kappa shape index (κ2) is 7.15. The third-order valence-corrected chi connectivity index (χ3v) is 5.52. The average molecular weight is 354 g/mol. The van der Waals surface area contributed by atoms with Crippen molar-refractivity contribution < 1.29 is 4.79 Å². The minimum Gasteiger partial charge on any atom is -0.342 e. The van der Waals surface area contributed by atoms with Crippen LogP contribution in [-0.2, 0) is 24.3 Å². The first-order chi connectivity index (χ1) is 12.6. The Morgan fingerprint density at radius 1 is 1.35 bits per heavy atom. The van der Waals surface area contributed by atoms with Crippen LogP contribution < -0.4 is 0 Å². The standard InChI is InChI=1S/C19H26N6O/c1-14-3-7-21-25(14)10-6-18(26)24-9-4-15(13-24)19-20-11-16-12-23(2)8-5-17(16)22-19/h3,7,11,15H,4-6,8-10,12-13H2,1-2H3/t15-/m0/s1. The smallest absolute Gasteiger partial charge is 0.224 e. The van der Waals surface area contributed by atoms with Crippen molar-refractivity contribution in [1.29, 1.82) is 0 Å². The molecule has 7 heteroatoms. The van der Waals surface area contributed by atoms with E-state index in [1.165, 1.54) is 11.3 Å². The third kappa shape index (κ3) is 3.49. The molecule has 1 fully saturated rings. The Labute approximate surface area is 154 Å². The Morgan fingerprint density at radius 3 is 3.04 bits per heavy atom. The number of hydrogen-bond donors (Lipinski definition) is 0. The van der Waals surface area contributed by atoms with Gasteiger partial charge in [0, 0.05) is 80.8 Å². The Balaban J connectivity index is 1.36. The minimum atomic E-state index is 0.196. The highest BCUT2D eigenvalue weighted by atomic mass is 16.2. The Morgan fingerprint density at radius 2 is 2.23 bits per heavy atom. The van der Waals surface area contributed by atoms with Gasteiger partial charge < -0.3 is 9.80 Å². The molecule has 138 valence electrons. The van der Waals surface area contributed by atoms with E-state index in [1.54, 1.807) is 6.20 Å². The highest BCUT2D eigenvalue weighted by molar-refractivity contribution is 5.76. The van der Waals surface area contributed by atoms with Gasteiger partial charge >= 0.3 is 0 Å². The van der Waals surface area contributed by atoms with E-state index >= 15 is 0 Å². The number of likely N-dealkylation sites (N-methyl/N-ethyl adjacent to an activating group) is 1. The average Bonchev–Trinajstić information content (AvgIpc) is 3.28. The van der Waals surface area contributed by atoms with Crippen molar-refractivity contribution >= 4 is 5.91 Å². The van der Waals surface area contributed by atoms with Crippen molar-refractivity contribution in [1.82, 2.24) is 29.5 Å². The Kier molecular flexibility index (Phi) is 4.72. The van der Waals surface area contributed by atoms with Gasteiger partial charge in [0.2, 0.25) is 5.91 Å². The Hall–Kier alpha value is -2.28. The lowest BCUT2D eigenvalue weighted by molar-refractivity contribution is -0.130. The van der Waals surface area contributed by atoms with Crippen molar-refractivity contribution in [3.05, 3.63) is 41.2 Å². The summed E-state index contributed by atoms with van der Waals surface area (Å²) in [5, 5.41) is 4.25. The summed E-state index contributed by atoms with van der Waals surface area (Å²) in [6.45, 7) is 6.15. The molecule has 1 amide bonds. The van der Waals surface area contributed by atoms with Crippen LogP contribution in [0.4, 0.5) is 0 Å². The highest BCUT2D eigenvalue weighted by Gasteiger charge is 2.29. The van der Waals surface area contributed by atoms with Crippen molar-refractivity contribution in [3.8, 4) is 0 Å². The largest absolute Gasteiger partial charge is 0.342 e. The molecule has 0 N–H and O–H groups in total. The molecule has 4 heterocycles. The molecule has 2 aromatic heterocycles. The summed E-state index contributed by atoms with van der Waals surface area (Å²) in [6.07, 6.45) is 6.19. The quantitative estimate of drug-likeness (QED) is 0.830. The zero-order valence-corrected chi connectivity index (χ0v) is 15.6. The first-order valence-corrected chi connectivity index (χ1v) is 9.39. The highest BCUT2D eigenvalue weighted by Crippen LogP contribution is 2.26. The van der Waals surface area contributed by atoms with Crippen LogP contribution in [0.5, 0.6) is 0 Å². The molecule has 1 saturated heterocycles. The summed E-state index contributed by atoms with van der Waals surface area (Å²) in [5.41, 5.74) is 3.51. The van der Waals surface area contributed by atoms with Gasteiger partial charge in [0.05, 0.1) is 0 Å². The number of aryl methyl sites for hydroxylation is 2. The van der Waals surface area contributed by atoms with Gasteiger partial charge in [-0.1, -0.05) is 0 Å². The fourth-order valence-electron chi connectivity index (χ4n) is 3.86. The van der Waals surface area contributed by atoms with Crippen molar-refractivity contribution in [2.75, 3.05) is 26.7 Å². The van der Waals surface area contributed by atoms with Crippen LogP contribution in [0.15, 0.2) is 18.5 Å². The van der Waals surface area contributed by atoms with E-state index in [-0.39, 0.29) is 11.8 Å². The molecule has 0 radical (unpaired) electrons. The number of fused-ring (bicyclic) bond motifs is 1.